The highest BCUT2D eigenvalue weighted by Gasteiger charge is 2.24. The van der Waals surface area contributed by atoms with Gasteiger partial charge in [-0.25, -0.2) is 14.8 Å². The average molecular weight is 398 g/mol. The minimum absolute atomic E-state index is 0.133. The van der Waals surface area contributed by atoms with Crippen LogP contribution in [-0.4, -0.2) is 57.6 Å². The predicted molar refractivity (Wildman–Crippen MR) is 107 cm³/mol. The largest absolute Gasteiger partial charge is 0.450 e. The Morgan fingerprint density at radius 1 is 1.28 bits per heavy atom. The Labute approximate surface area is 169 Å². The summed E-state index contributed by atoms with van der Waals surface area (Å²) in [4.78, 5) is 38.8. The van der Waals surface area contributed by atoms with E-state index in [9.17, 15) is 9.59 Å². The van der Waals surface area contributed by atoms with Gasteiger partial charge in [0.2, 0.25) is 5.95 Å². The maximum atomic E-state index is 12.5. The van der Waals surface area contributed by atoms with E-state index in [4.69, 9.17) is 4.74 Å². The second kappa shape index (κ2) is 9.81. The number of hydrogen-bond donors (Lipinski definition) is 2. The van der Waals surface area contributed by atoms with Crippen molar-refractivity contribution in [1.29, 1.82) is 0 Å². The number of pyridine rings is 1. The fourth-order valence-electron chi connectivity index (χ4n) is 3.13. The van der Waals surface area contributed by atoms with Gasteiger partial charge in [0.15, 0.2) is 0 Å². The van der Waals surface area contributed by atoms with Gasteiger partial charge in [-0.05, 0) is 44.4 Å². The first-order chi connectivity index (χ1) is 14.0. The molecule has 1 fully saturated rings. The molecule has 0 spiro atoms. The molecular formula is C20H26N6O3. The summed E-state index contributed by atoms with van der Waals surface area (Å²) in [6, 6.07) is 5.51. The number of nitrogens with zero attached hydrogens (tertiary/aromatic N) is 4. The van der Waals surface area contributed by atoms with Crippen molar-refractivity contribution in [3.8, 4) is 0 Å². The number of amides is 2. The fraction of sp³-hybridized carbons (Fsp3) is 0.450. The number of aryl methyl sites for hydroxylation is 1. The molecule has 1 aliphatic rings. The number of rotatable bonds is 6. The van der Waals surface area contributed by atoms with Gasteiger partial charge in [-0.1, -0.05) is 6.07 Å². The number of hydrogen-bond acceptors (Lipinski definition) is 7. The van der Waals surface area contributed by atoms with Crippen molar-refractivity contribution in [1.82, 2.24) is 25.2 Å². The molecule has 0 atom stereocenters. The van der Waals surface area contributed by atoms with E-state index in [1.54, 1.807) is 30.3 Å². The number of nitrogens with one attached hydrogen (secondary N) is 2. The average Bonchev–Trinajstić information content (AvgIpc) is 2.73. The zero-order valence-electron chi connectivity index (χ0n) is 16.7. The van der Waals surface area contributed by atoms with Gasteiger partial charge in [0.05, 0.1) is 6.61 Å². The molecule has 0 aromatic carbocycles. The Hall–Kier alpha value is -3.23. The van der Waals surface area contributed by atoms with Crippen molar-refractivity contribution >= 4 is 17.9 Å². The molecule has 1 saturated heterocycles. The van der Waals surface area contributed by atoms with Gasteiger partial charge in [-0.2, -0.15) is 0 Å². The first-order valence-electron chi connectivity index (χ1n) is 9.76. The zero-order chi connectivity index (χ0) is 20.6. The van der Waals surface area contributed by atoms with Gasteiger partial charge in [-0.3, -0.25) is 9.78 Å². The van der Waals surface area contributed by atoms with E-state index < -0.39 is 0 Å². The fourth-order valence-corrected chi connectivity index (χ4v) is 3.13. The Morgan fingerprint density at radius 3 is 2.76 bits per heavy atom. The molecule has 0 radical (unpaired) electrons. The third-order valence-electron chi connectivity index (χ3n) is 4.62. The number of aromatic nitrogens is 3. The summed E-state index contributed by atoms with van der Waals surface area (Å²) in [6.45, 7) is 5.60. The van der Waals surface area contributed by atoms with Crippen molar-refractivity contribution in [2.75, 3.05) is 25.0 Å². The molecule has 0 unspecified atom stereocenters. The highest BCUT2D eigenvalue weighted by Crippen LogP contribution is 2.16. The van der Waals surface area contributed by atoms with Crippen LogP contribution in [0, 0.1) is 6.92 Å². The molecule has 154 valence electrons. The number of anilines is 1. The molecule has 0 bridgehead atoms. The molecule has 3 rings (SSSR count). The normalized spacial score (nSPS) is 14.3. The summed E-state index contributed by atoms with van der Waals surface area (Å²) in [5.74, 6) is 0.158. The van der Waals surface area contributed by atoms with Crippen LogP contribution in [0.5, 0.6) is 0 Å². The van der Waals surface area contributed by atoms with E-state index in [1.165, 1.54) is 0 Å². The maximum absolute atomic E-state index is 12.5. The van der Waals surface area contributed by atoms with Gasteiger partial charge in [-0.15, -0.1) is 0 Å². The maximum Gasteiger partial charge on any atom is 0.409 e. The molecule has 2 aromatic rings. The third kappa shape index (κ3) is 5.87. The molecule has 3 heterocycles. The van der Waals surface area contributed by atoms with Gasteiger partial charge in [0.25, 0.3) is 5.91 Å². The van der Waals surface area contributed by atoms with E-state index in [-0.39, 0.29) is 18.0 Å². The summed E-state index contributed by atoms with van der Waals surface area (Å²) in [7, 11) is 0. The lowest BCUT2D eigenvalue weighted by atomic mass is 10.1. The monoisotopic (exact) mass is 398 g/mol. The van der Waals surface area contributed by atoms with Gasteiger partial charge in [0, 0.05) is 43.8 Å². The summed E-state index contributed by atoms with van der Waals surface area (Å²) in [5, 5.41) is 6.14. The van der Waals surface area contributed by atoms with Crippen LogP contribution in [0.25, 0.3) is 0 Å². The van der Waals surface area contributed by atoms with Crippen LogP contribution in [-0.2, 0) is 11.3 Å². The smallest absolute Gasteiger partial charge is 0.409 e. The number of piperidine rings is 1. The van der Waals surface area contributed by atoms with Crippen molar-refractivity contribution in [3.63, 3.8) is 0 Å². The lowest BCUT2D eigenvalue weighted by Gasteiger charge is -2.31. The van der Waals surface area contributed by atoms with Crippen LogP contribution >= 0.6 is 0 Å². The predicted octanol–water partition coefficient (Wildman–Crippen LogP) is 2.14. The second-order valence-corrected chi connectivity index (χ2v) is 6.87. The number of carbonyl (C=O) groups is 2. The zero-order valence-corrected chi connectivity index (χ0v) is 16.7. The number of carbonyl (C=O) groups excluding carboxylic acids is 2. The van der Waals surface area contributed by atoms with Gasteiger partial charge in [0.1, 0.15) is 5.69 Å². The second-order valence-electron chi connectivity index (χ2n) is 6.87. The van der Waals surface area contributed by atoms with Crippen molar-refractivity contribution in [2.45, 2.75) is 39.3 Å². The van der Waals surface area contributed by atoms with Crippen LogP contribution in [0.3, 0.4) is 0 Å². The van der Waals surface area contributed by atoms with E-state index in [0.717, 1.165) is 18.4 Å². The van der Waals surface area contributed by atoms with Gasteiger partial charge >= 0.3 is 6.09 Å². The molecule has 1 aliphatic heterocycles. The third-order valence-corrected chi connectivity index (χ3v) is 4.62. The van der Waals surface area contributed by atoms with Crippen LogP contribution in [0.1, 0.15) is 41.5 Å². The molecule has 2 amide bonds. The quantitative estimate of drug-likeness (QED) is 0.767. The number of ether oxygens (including phenoxy) is 1. The summed E-state index contributed by atoms with van der Waals surface area (Å²) in [6.07, 6.45) is 4.65. The molecular weight excluding hydrogens is 372 g/mol. The topological polar surface area (TPSA) is 109 Å². The SMILES string of the molecule is CCOC(=O)N1CCC(Nc2nc(C)cc(C(=O)NCc3cccnc3)n2)CC1. The van der Waals surface area contributed by atoms with Gasteiger partial charge < -0.3 is 20.3 Å². The standard InChI is InChI=1S/C20H26N6O3/c1-3-29-20(28)26-9-6-16(7-10-26)24-19-23-14(2)11-17(25-19)18(27)22-13-15-5-4-8-21-12-15/h4-5,8,11-12,16H,3,6-7,9-10,13H2,1-2H3,(H,22,27)(H,23,24,25). The Balaban J connectivity index is 1.56. The van der Waals surface area contributed by atoms with Crippen LogP contribution in [0.4, 0.5) is 10.7 Å². The summed E-state index contributed by atoms with van der Waals surface area (Å²) < 4.78 is 5.04. The lowest BCUT2D eigenvalue weighted by molar-refractivity contribution is 0.0943. The Bertz CT molecular complexity index is 837. The van der Waals surface area contributed by atoms with Crippen molar-refractivity contribution < 1.29 is 14.3 Å². The molecule has 29 heavy (non-hydrogen) atoms. The lowest BCUT2D eigenvalue weighted by Crippen LogP contribution is -2.42. The molecule has 9 nitrogen and oxygen atoms in total. The number of likely N-dealkylation sites (tertiary alicyclic amines) is 1. The van der Waals surface area contributed by atoms with Crippen molar-refractivity contribution in [3.05, 3.63) is 47.5 Å². The first kappa shape index (κ1) is 20.5. The summed E-state index contributed by atoms with van der Waals surface area (Å²) in [5.41, 5.74) is 1.93. The minimum Gasteiger partial charge on any atom is -0.450 e. The molecule has 9 heteroatoms. The van der Waals surface area contributed by atoms with Crippen molar-refractivity contribution in [2.24, 2.45) is 0 Å². The molecule has 2 aromatic heterocycles. The van der Waals surface area contributed by atoms with E-state index in [2.05, 4.69) is 25.6 Å². The van der Waals surface area contributed by atoms with Crippen LogP contribution in [0.15, 0.2) is 30.6 Å². The summed E-state index contributed by atoms with van der Waals surface area (Å²) >= 11 is 0. The van der Waals surface area contributed by atoms with E-state index in [0.29, 0.717) is 43.6 Å². The highest BCUT2D eigenvalue weighted by atomic mass is 16.6. The first-order valence-corrected chi connectivity index (χ1v) is 9.76. The Morgan fingerprint density at radius 2 is 2.07 bits per heavy atom. The molecule has 0 aliphatic carbocycles. The Kier molecular flexibility index (Phi) is 6.94. The van der Waals surface area contributed by atoms with Crippen LogP contribution in [0.2, 0.25) is 0 Å². The molecule has 0 saturated carbocycles. The van der Waals surface area contributed by atoms with E-state index in [1.807, 2.05) is 19.1 Å². The van der Waals surface area contributed by atoms with Crippen LogP contribution < -0.4 is 10.6 Å². The highest BCUT2D eigenvalue weighted by molar-refractivity contribution is 5.92. The van der Waals surface area contributed by atoms with E-state index >= 15 is 0 Å². The minimum atomic E-state index is -0.273. The molecule has 2 N–H and O–H groups in total.